The Morgan fingerprint density at radius 3 is 0.719 bits per heavy atom. The molecular formula is C26H40I6. The lowest BCUT2D eigenvalue weighted by atomic mass is 9.67. The molecule has 1 rings (SSSR count). The summed E-state index contributed by atoms with van der Waals surface area (Å²) < 4.78 is 7.66. The predicted octanol–water partition coefficient (Wildman–Crippen LogP) is 11.5. The van der Waals surface area contributed by atoms with Crippen molar-refractivity contribution < 1.29 is 0 Å². The fraction of sp³-hybridized carbons (Fsp3) is 0.769. The molecule has 0 aliphatic carbocycles. The van der Waals surface area contributed by atoms with Crippen LogP contribution in [-0.4, -0.2) is 26.6 Å². The number of hydrogen-bond donors (Lipinski definition) is 0. The monoisotopic (exact) mass is 1110 g/mol. The molecule has 6 heteroatoms. The third-order valence-corrected chi connectivity index (χ3v) is 11.4. The van der Waals surface area contributed by atoms with Crippen molar-refractivity contribution in [3.8, 4) is 0 Å². The molecule has 0 unspecified atom stereocenters. The fourth-order valence-electron chi connectivity index (χ4n) is 5.22. The van der Waals surface area contributed by atoms with Gasteiger partial charge in [-0.2, -0.15) is 0 Å². The molecule has 0 amide bonds. The van der Waals surface area contributed by atoms with Gasteiger partial charge in [-0.05, 0) is 126 Å². The summed E-state index contributed by atoms with van der Waals surface area (Å²) in [4.78, 5) is 0. The van der Waals surface area contributed by atoms with Crippen molar-refractivity contribution in [1.29, 1.82) is 0 Å². The van der Waals surface area contributed by atoms with Gasteiger partial charge in [-0.25, -0.2) is 0 Å². The maximum absolute atomic E-state index is 2.57. The van der Waals surface area contributed by atoms with Crippen LogP contribution in [0, 0.1) is 0 Å². The molecule has 1 aromatic carbocycles. The first-order valence-corrected chi connectivity index (χ1v) is 21.2. The Kier molecular flexibility index (Phi) is 21.6. The maximum atomic E-state index is 2.57. The van der Waals surface area contributed by atoms with E-state index in [2.05, 4.69) is 160 Å². The van der Waals surface area contributed by atoms with Gasteiger partial charge in [0.25, 0.3) is 0 Å². The first kappa shape index (κ1) is 33.6. The van der Waals surface area contributed by atoms with E-state index >= 15 is 0 Å². The molecule has 0 aliphatic rings. The van der Waals surface area contributed by atoms with Crippen molar-refractivity contribution in [3.63, 3.8) is 0 Å². The van der Waals surface area contributed by atoms with Crippen LogP contribution in [0.5, 0.6) is 0 Å². The van der Waals surface area contributed by atoms with Crippen LogP contribution >= 0.6 is 136 Å². The van der Waals surface area contributed by atoms with Gasteiger partial charge in [-0.3, -0.25) is 0 Å². The van der Waals surface area contributed by atoms with Gasteiger partial charge < -0.3 is 0 Å². The Bertz CT molecular complexity index is 480. The van der Waals surface area contributed by atoms with Crippen molar-refractivity contribution in [1.82, 2.24) is 0 Å². The number of halogens is 6. The molecule has 0 heterocycles. The van der Waals surface area contributed by atoms with E-state index in [1.54, 1.807) is 11.1 Å². The Balaban J connectivity index is 3.34. The standard InChI is InChI=1S/C26H40I6/c27-17-1-11-25(12-2-18-28,13-3-19-29)23-7-9-24(10-8-23)26(14-4-20-30,15-5-21-31)16-6-22-32/h7-10H,1-6,11-22H2. The van der Waals surface area contributed by atoms with Gasteiger partial charge in [0, 0.05) is 0 Å². The van der Waals surface area contributed by atoms with E-state index in [9.17, 15) is 0 Å². The highest BCUT2D eigenvalue weighted by Gasteiger charge is 2.33. The first-order chi connectivity index (χ1) is 15.6. The molecule has 0 nitrogen and oxygen atoms in total. The molecule has 0 atom stereocenters. The topological polar surface area (TPSA) is 0 Å². The third-order valence-electron chi connectivity index (χ3n) is 6.84. The highest BCUT2D eigenvalue weighted by atomic mass is 127. The summed E-state index contributed by atoms with van der Waals surface area (Å²) in [6.07, 6.45) is 16.2. The van der Waals surface area contributed by atoms with Gasteiger partial charge in [-0.15, -0.1) is 0 Å². The minimum absolute atomic E-state index is 0.384. The Labute approximate surface area is 280 Å². The van der Waals surface area contributed by atoms with Gasteiger partial charge >= 0.3 is 0 Å². The Morgan fingerprint density at radius 2 is 0.562 bits per heavy atom. The van der Waals surface area contributed by atoms with E-state index in [0.29, 0.717) is 10.8 Å². The summed E-state index contributed by atoms with van der Waals surface area (Å²) >= 11 is 15.4. The SMILES string of the molecule is ICCCC(CCCI)(CCCI)c1ccc(C(CCCI)(CCCI)CCCI)cc1. The number of rotatable bonds is 20. The van der Waals surface area contributed by atoms with E-state index in [4.69, 9.17) is 0 Å². The van der Waals surface area contributed by atoms with E-state index < -0.39 is 0 Å². The van der Waals surface area contributed by atoms with Crippen LogP contribution in [0.4, 0.5) is 0 Å². The molecule has 32 heavy (non-hydrogen) atoms. The maximum Gasteiger partial charge on any atom is -0.000441 e. The molecule has 0 spiro atoms. The lowest BCUT2D eigenvalue weighted by Gasteiger charge is -2.38. The summed E-state index contributed by atoms with van der Waals surface area (Å²) in [5.41, 5.74) is 4.03. The minimum atomic E-state index is 0.384. The molecule has 0 saturated heterocycles. The van der Waals surface area contributed by atoms with Crippen LogP contribution in [0.2, 0.25) is 0 Å². The normalized spacial score (nSPS) is 12.4. The zero-order chi connectivity index (χ0) is 23.7. The van der Waals surface area contributed by atoms with Gasteiger partial charge in [0.2, 0.25) is 0 Å². The van der Waals surface area contributed by atoms with Gasteiger partial charge in [-0.1, -0.05) is 160 Å². The molecule has 0 aliphatic heterocycles. The smallest absolute Gasteiger partial charge is 0.000441 e. The summed E-state index contributed by atoms with van der Waals surface area (Å²) in [6.45, 7) is 0. The quantitative estimate of drug-likeness (QED) is 0.0902. The average molecular weight is 1110 g/mol. The second-order valence-corrected chi connectivity index (χ2v) is 15.4. The van der Waals surface area contributed by atoms with Crippen LogP contribution in [0.25, 0.3) is 0 Å². The molecule has 186 valence electrons. The average Bonchev–Trinajstić information content (AvgIpc) is 2.84. The van der Waals surface area contributed by atoms with Crippen LogP contribution in [-0.2, 0) is 10.8 Å². The molecular weight excluding hydrogens is 1070 g/mol. The van der Waals surface area contributed by atoms with E-state index in [1.165, 1.54) is 104 Å². The number of benzene rings is 1. The third kappa shape index (κ3) is 11.6. The highest BCUT2D eigenvalue weighted by Crippen LogP contribution is 2.43. The molecule has 1 aromatic rings. The molecule has 0 fully saturated rings. The van der Waals surface area contributed by atoms with Gasteiger partial charge in [0.15, 0.2) is 0 Å². The van der Waals surface area contributed by atoms with E-state index in [-0.39, 0.29) is 0 Å². The van der Waals surface area contributed by atoms with Gasteiger partial charge in [0.05, 0.1) is 0 Å². The van der Waals surface area contributed by atoms with Crippen LogP contribution in [0.1, 0.15) is 88.2 Å². The largest absolute Gasteiger partial charge is 0.0864 e. The predicted molar refractivity (Wildman–Crippen MR) is 199 cm³/mol. The summed E-state index contributed by atoms with van der Waals surface area (Å²) in [5.74, 6) is 0. The van der Waals surface area contributed by atoms with Crippen molar-refractivity contribution in [2.24, 2.45) is 0 Å². The second-order valence-electron chi connectivity index (χ2n) is 8.89. The van der Waals surface area contributed by atoms with Crippen molar-refractivity contribution in [2.75, 3.05) is 26.6 Å². The summed E-state index contributed by atoms with van der Waals surface area (Å²) in [5, 5.41) is 0. The lowest BCUT2D eigenvalue weighted by Crippen LogP contribution is -2.29. The van der Waals surface area contributed by atoms with Crippen LogP contribution < -0.4 is 0 Å². The molecule has 0 radical (unpaired) electrons. The van der Waals surface area contributed by atoms with E-state index in [0.717, 1.165) is 0 Å². The van der Waals surface area contributed by atoms with E-state index in [1.807, 2.05) is 0 Å². The second kappa shape index (κ2) is 20.5. The van der Waals surface area contributed by atoms with Gasteiger partial charge in [0.1, 0.15) is 0 Å². The zero-order valence-electron chi connectivity index (χ0n) is 19.3. The summed E-state index contributed by atoms with van der Waals surface area (Å²) in [7, 11) is 0. The Hall–Kier alpha value is 3.60. The molecule has 0 N–H and O–H groups in total. The Morgan fingerprint density at radius 1 is 0.375 bits per heavy atom. The lowest BCUT2D eigenvalue weighted by molar-refractivity contribution is 0.325. The van der Waals surface area contributed by atoms with Crippen molar-refractivity contribution in [2.45, 2.75) is 87.9 Å². The molecule has 0 saturated carbocycles. The zero-order valence-corrected chi connectivity index (χ0v) is 32.3. The van der Waals surface area contributed by atoms with Crippen molar-refractivity contribution >= 4 is 136 Å². The fourth-order valence-corrected chi connectivity index (χ4v) is 7.51. The first-order valence-electron chi connectivity index (χ1n) is 12.0. The van der Waals surface area contributed by atoms with Crippen molar-refractivity contribution in [3.05, 3.63) is 35.4 Å². The van der Waals surface area contributed by atoms with Crippen LogP contribution in [0.15, 0.2) is 24.3 Å². The minimum Gasteiger partial charge on any atom is -0.0864 e. The number of hydrogen-bond acceptors (Lipinski definition) is 0. The molecule has 0 bridgehead atoms. The molecule has 0 aromatic heterocycles. The number of alkyl halides is 6. The highest BCUT2D eigenvalue weighted by molar-refractivity contribution is 14.1. The summed E-state index contributed by atoms with van der Waals surface area (Å²) in [6, 6.07) is 10.3. The van der Waals surface area contributed by atoms with Crippen LogP contribution in [0.3, 0.4) is 0 Å².